The summed E-state index contributed by atoms with van der Waals surface area (Å²) < 4.78 is 48.7. The highest BCUT2D eigenvalue weighted by atomic mass is 35.5. The fraction of sp³-hybridized carbons (Fsp3) is 0.615. The molecule has 1 aromatic carbocycles. The summed E-state index contributed by atoms with van der Waals surface area (Å²) in [5.41, 5.74) is -0.301. The number of aromatic nitrogens is 1. The molecule has 1 saturated heterocycles. The van der Waals surface area contributed by atoms with Gasteiger partial charge < -0.3 is 10.1 Å². The van der Waals surface area contributed by atoms with Crippen LogP contribution in [-0.4, -0.2) is 61.3 Å². The predicted molar refractivity (Wildman–Crippen MR) is 142 cm³/mol. The molecule has 2 N–H and O–H groups in total. The van der Waals surface area contributed by atoms with E-state index in [1.807, 2.05) is 20.8 Å². The van der Waals surface area contributed by atoms with Gasteiger partial charge in [0.15, 0.2) is 0 Å². The van der Waals surface area contributed by atoms with Crippen molar-refractivity contribution in [3.63, 3.8) is 0 Å². The summed E-state index contributed by atoms with van der Waals surface area (Å²) in [4.78, 5) is 18.9. The number of ether oxygens (including phenoxy) is 1. The SMILES string of the molecule is CC(C)(F)CNS(=O)(=O)c1cc2c(c3cnc(Cl)cc13)CCC2N1CCC[C@@H](NC(=O)OC(C)(C)C)C1. The van der Waals surface area contributed by atoms with Crippen LogP contribution in [0.1, 0.15) is 71.0 Å². The number of amides is 1. The van der Waals surface area contributed by atoms with Crippen molar-refractivity contribution in [2.45, 2.75) is 88.6 Å². The van der Waals surface area contributed by atoms with Crippen LogP contribution >= 0.6 is 11.6 Å². The molecule has 1 aromatic heterocycles. The quantitative estimate of drug-likeness (QED) is 0.493. The highest BCUT2D eigenvalue weighted by Crippen LogP contribution is 2.43. The summed E-state index contributed by atoms with van der Waals surface area (Å²) in [5, 5.41) is 4.40. The maximum absolute atomic E-state index is 14.2. The summed E-state index contributed by atoms with van der Waals surface area (Å²) in [6.45, 7) is 9.27. The molecule has 37 heavy (non-hydrogen) atoms. The fourth-order valence-corrected chi connectivity index (χ4v) is 6.76. The van der Waals surface area contributed by atoms with Crippen molar-refractivity contribution < 1.29 is 22.3 Å². The molecule has 2 atom stereocenters. The molecule has 11 heteroatoms. The number of benzene rings is 1. The molecule has 4 rings (SSSR count). The van der Waals surface area contributed by atoms with Crippen LogP contribution in [0.5, 0.6) is 0 Å². The lowest BCUT2D eigenvalue weighted by Gasteiger charge is -2.37. The summed E-state index contributed by atoms with van der Waals surface area (Å²) in [6.07, 6.45) is 4.52. The van der Waals surface area contributed by atoms with E-state index in [9.17, 15) is 17.6 Å². The van der Waals surface area contributed by atoms with Gasteiger partial charge in [0.2, 0.25) is 10.0 Å². The van der Waals surface area contributed by atoms with Crippen LogP contribution in [0.25, 0.3) is 10.8 Å². The van der Waals surface area contributed by atoms with Crippen LogP contribution in [0, 0.1) is 0 Å². The summed E-state index contributed by atoms with van der Waals surface area (Å²) >= 11 is 6.15. The third kappa shape index (κ3) is 6.71. The molecule has 1 unspecified atom stereocenters. The lowest BCUT2D eigenvalue weighted by atomic mass is 9.98. The molecule has 1 fully saturated rings. The number of hydrogen-bond acceptors (Lipinski definition) is 6. The molecule has 0 radical (unpaired) electrons. The van der Waals surface area contributed by atoms with Gasteiger partial charge in [-0.3, -0.25) is 4.90 Å². The molecular weight excluding hydrogens is 519 g/mol. The minimum absolute atomic E-state index is 0.00937. The number of carbonyl (C=O) groups excluding carboxylic acids is 1. The van der Waals surface area contributed by atoms with Crippen LogP contribution in [-0.2, 0) is 21.2 Å². The number of fused-ring (bicyclic) bond motifs is 3. The van der Waals surface area contributed by atoms with Crippen molar-refractivity contribution in [2.75, 3.05) is 19.6 Å². The molecule has 0 saturated carbocycles. The number of alkyl halides is 1. The molecule has 8 nitrogen and oxygen atoms in total. The first-order chi connectivity index (χ1) is 17.1. The smallest absolute Gasteiger partial charge is 0.407 e. The Morgan fingerprint density at radius 2 is 1.95 bits per heavy atom. The summed E-state index contributed by atoms with van der Waals surface area (Å²) in [5.74, 6) is 0. The van der Waals surface area contributed by atoms with E-state index in [1.165, 1.54) is 13.8 Å². The zero-order valence-corrected chi connectivity index (χ0v) is 23.6. The monoisotopic (exact) mass is 554 g/mol. The average molecular weight is 555 g/mol. The lowest BCUT2D eigenvalue weighted by molar-refractivity contribution is 0.0454. The van der Waals surface area contributed by atoms with E-state index in [1.54, 1.807) is 18.3 Å². The molecule has 1 aliphatic carbocycles. The predicted octanol–water partition coefficient (Wildman–Crippen LogP) is 4.89. The number of aryl methyl sites for hydroxylation is 1. The number of alkyl carbamates (subject to hydrolysis) is 1. The van der Waals surface area contributed by atoms with E-state index in [-0.39, 0.29) is 28.7 Å². The number of hydrogen-bond donors (Lipinski definition) is 2. The Balaban J connectivity index is 1.65. The number of carbonyl (C=O) groups is 1. The number of nitrogens with one attached hydrogen (secondary N) is 2. The van der Waals surface area contributed by atoms with E-state index < -0.39 is 27.4 Å². The molecular formula is C26H36ClFN4O4S. The molecule has 2 aliphatic rings. The molecule has 0 spiro atoms. The largest absolute Gasteiger partial charge is 0.444 e. The standard InChI is InChI=1S/C26H36ClFN4O4S/c1-25(2,3)36-24(33)31-16-7-6-10-32(14-16)21-9-8-17-18(21)11-22(19-12-23(27)29-13-20(17)19)37(34,35)30-15-26(4,5)28/h11-13,16,21,30H,6-10,14-15H2,1-5H3,(H,31,33)/t16-,21?/m1/s1. The van der Waals surface area contributed by atoms with Crippen molar-refractivity contribution in [2.24, 2.45) is 0 Å². The van der Waals surface area contributed by atoms with E-state index in [0.717, 1.165) is 48.7 Å². The van der Waals surface area contributed by atoms with Gasteiger partial charge >= 0.3 is 6.09 Å². The Bertz CT molecular complexity index is 1290. The molecule has 1 amide bonds. The van der Waals surface area contributed by atoms with Gasteiger partial charge in [-0.25, -0.2) is 27.3 Å². The maximum atomic E-state index is 14.2. The lowest BCUT2D eigenvalue weighted by Crippen LogP contribution is -2.49. The minimum Gasteiger partial charge on any atom is -0.444 e. The Hall–Kier alpha value is -2.01. The number of piperidine rings is 1. The zero-order valence-electron chi connectivity index (χ0n) is 22.0. The van der Waals surface area contributed by atoms with E-state index in [4.69, 9.17) is 16.3 Å². The molecule has 1 aliphatic heterocycles. The van der Waals surface area contributed by atoms with Gasteiger partial charge in [-0.15, -0.1) is 0 Å². The number of halogens is 2. The number of likely N-dealkylation sites (tertiary alicyclic amines) is 1. The van der Waals surface area contributed by atoms with Gasteiger partial charge in [0.05, 0.1) is 4.90 Å². The van der Waals surface area contributed by atoms with E-state index >= 15 is 0 Å². The number of rotatable bonds is 6. The van der Waals surface area contributed by atoms with Crippen LogP contribution in [0.2, 0.25) is 5.15 Å². The normalized spacial score (nSPS) is 21.2. The highest BCUT2D eigenvalue weighted by Gasteiger charge is 2.35. The van der Waals surface area contributed by atoms with Crippen molar-refractivity contribution in [1.82, 2.24) is 19.9 Å². The second-order valence-electron chi connectivity index (χ2n) is 11.6. The zero-order chi connectivity index (χ0) is 27.2. The number of sulfonamides is 1. The van der Waals surface area contributed by atoms with E-state index in [0.29, 0.717) is 11.9 Å². The van der Waals surface area contributed by atoms with Crippen LogP contribution < -0.4 is 10.0 Å². The number of pyridine rings is 1. The number of nitrogens with zero attached hydrogens (tertiary/aromatic N) is 2. The van der Waals surface area contributed by atoms with Crippen molar-refractivity contribution in [1.29, 1.82) is 0 Å². The first-order valence-electron chi connectivity index (χ1n) is 12.7. The third-order valence-corrected chi connectivity index (χ3v) is 8.36. The van der Waals surface area contributed by atoms with Crippen LogP contribution in [0.15, 0.2) is 23.2 Å². The van der Waals surface area contributed by atoms with Gasteiger partial charge in [0.1, 0.15) is 16.4 Å². The van der Waals surface area contributed by atoms with Crippen molar-refractivity contribution >= 4 is 38.5 Å². The molecule has 2 aromatic rings. The first-order valence-corrected chi connectivity index (χ1v) is 14.5. The minimum atomic E-state index is -4.03. The Morgan fingerprint density at radius 1 is 1.22 bits per heavy atom. The Kier molecular flexibility index (Phi) is 7.78. The van der Waals surface area contributed by atoms with Gasteiger partial charge in [-0.05, 0) is 90.1 Å². The van der Waals surface area contributed by atoms with Crippen molar-refractivity contribution in [3.8, 4) is 0 Å². The third-order valence-electron chi connectivity index (χ3n) is 6.71. The summed E-state index contributed by atoms with van der Waals surface area (Å²) in [7, 11) is -4.03. The van der Waals surface area contributed by atoms with Crippen LogP contribution in [0.3, 0.4) is 0 Å². The fourth-order valence-electron chi connectivity index (χ4n) is 5.18. The second kappa shape index (κ2) is 10.3. The maximum Gasteiger partial charge on any atom is 0.407 e. The average Bonchev–Trinajstić information content (AvgIpc) is 3.19. The van der Waals surface area contributed by atoms with Gasteiger partial charge in [-0.1, -0.05) is 11.6 Å². The first kappa shape index (κ1) is 28.0. The van der Waals surface area contributed by atoms with Gasteiger partial charge in [0.25, 0.3) is 0 Å². The molecule has 0 bridgehead atoms. The van der Waals surface area contributed by atoms with Gasteiger partial charge in [-0.2, -0.15) is 0 Å². The highest BCUT2D eigenvalue weighted by molar-refractivity contribution is 7.89. The molecule has 2 heterocycles. The Morgan fingerprint density at radius 3 is 2.62 bits per heavy atom. The molecule has 204 valence electrons. The summed E-state index contributed by atoms with van der Waals surface area (Å²) in [6, 6.07) is 3.20. The second-order valence-corrected chi connectivity index (χ2v) is 13.7. The Labute approximate surface area is 223 Å². The van der Waals surface area contributed by atoms with E-state index in [2.05, 4.69) is 19.9 Å². The topological polar surface area (TPSA) is 101 Å². The van der Waals surface area contributed by atoms with Gasteiger partial charge in [0, 0.05) is 42.1 Å². The van der Waals surface area contributed by atoms with Crippen molar-refractivity contribution in [3.05, 3.63) is 34.6 Å². The van der Waals surface area contributed by atoms with Crippen LogP contribution in [0.4, 0.5) is 9.18 Å².